The number of likely N-dealkylation sites (tertiary alicyclic amines) is 1. The van der Waals surface area contributed by atoms with Crippen molar-refractivity contribution in [3.8, 4) is 0 Å². The molecule has 2 fully saturated rings. The van der Waals surface area contributed by atoms with E-state index in [9.17, 15) is 4.79 Å². The van der Waals surface area contributed by atoms with E-state index in [1.165, 1.54) is 19.3 Å². The van der Waals surface area contributed by atoms with Gasteiger partial charge in [-0.3, -0.25) is 4.79 Å². The van der Waals surface area contributed by atoms with Crippen LogP contribution in [-0.2, 0) is 4.79 Å². The predicted molar refractivity (Wildman–Crippen MR) is 51.1 cm³/mol. The zero-order valence-corrected chi connectivity index (χ0v) is 8.42. The Kier molecular flexibility index (Phi) is 1.88. The highest BCUT2D eigenvalue weighted by Crippen LogP contribution is 2.47. The van der Waals surface area contributed by atoms with Crippen molar-refractivity contribution in [1.29, 1.82) is 0 Å². The van der Waals surface area contributed by atoms with Crippen LogP contribution in [0.2, 0.25) is 0 Å². The Bertz CT molecular complexity index is 235. The molecule has 2 aliphatic rings. The van der Waals surface area contributed by atoms with Crippen molar-refractivity contribution in [3.05, 3.63) is 0 Å². The van der Waals surface area contributed by atoms with Crippen LogP contribution in [0.5, 0.6) is 0 Å². The van der Waals surface area contributed by atoms with Crippen molar-refractivity contribution >= 4 is 5.91 Å². The summed E-state index contributed by atoms with van der Waals surface area (Å²) in [5.74, 6) is 0.214. The minimum Gasteiger partial charge on any atom is -0.341 e. The quantitative estimate of drug-likeness (QED) is 0.650. The van der Waals surface area contributed by atoms with Crippen LogP contribution in [0.3, 0.4) is 0 Å². The number of carbonyl (C=O) groups excluding carboxylic acids is 1. The molecule has 2 rings (SSSR count). The molecule has 1 aliphatic heterocycles. The summed E-state index contributed by atoms with van der Waals surface area (Å²) in [6.07, 6.45) is 4.28. The first-order chi connectivity index (χ1) is 6.04. The second kappa shape index (κ2) is 2.71. The van der Waals surface area contributed by atoms with Crippen molar-refractivity contribution in [1.82, 2.24) is 4.90 Å². The van der Waals surface area contributed by atoms with Gasteiger partial charge in [0.25, 0.3) is 0 Å². The van der Waals surface area contributed by atoms with Gasteiger partial charge < -0.3 is 10.6 Å². The minimum atomic E-state index is 0.0581. The summed E-state index contributed by atoms with van der Waals surface area (Å²) < 4.78 is 0. The summed E-state index contributed by atoms with van der Waals surface area (Å²) in [4.78, 5) is 13.3. The van der Waals surface area contributed by atoms with Crippen molar-refractivity contribution in [3.63, 3.8) is 0 Å². The number of amides is 1. The third-order valence-electron chi connectivity index (χ3n) is 3.84. The van der Waals surface area contributed by atoms with E-state index in [0.29, 0.717) is 11.8 Å². The molecule has 0 aromatic carbocycles. The third kappa shape index (κ3) is 1.17. The lowest BCUT2D eigenvalue weighted by Crippen LogP contribution is -2.52. The molecule has 2 atom stereocenters. The van der Waals surface area contributed by atoms with E-state index >= 15 is 0 Å². The van der Waals surface area contributed by atoms with E-state index in [1.54, 1.807) is 0 Å². The van der Waals surface area contributed by atoms with Gasteiger partial charge in [-0.15, -0.1) is 0 Å². The highest BCUT2D eigenvalue weighted by atomic mass is 16.2. The highest BCUT2D eigenvalue weighted by Gasteiger charge is 2.49. The number of carbonyl (C=O) groups is 1. The van der Waals surface area contributed by atoms with Crippen LogP contribution in [0, 0.1) is 5.41 Å². The van der Waals surface area contributed by atoms with Crippen molar-refractivity contribution in [2.45, 2.75) is 44.7 Å². The largest absolute Gasteiger partial charge is 0.341 e. The monoisotopic (exact) mass is 182 g/mol. The lowest BCUT2D eigenvalue weighted by molar-refractivity contribution is -0.130. The molecule has 74 valence electrons. The topological polar surface area (TPSA) is 46.3 Å². The van der Waals surface area contributed by atoms with E-state index in [2.05, 4.69) is 6.92 Å². The standard InChI is InChI=1S/C10H18N2O/c1-10(4-3-5-10)9-7(11)6-8(13)12(9)2/h7,9H,3-6,11H2,1-2H3. The van der Waals surface area contributed by atoms with Crippen LogP contribution in [0.15, 0.2) is 0 Å². The van der Waals surface area contributed by atoms with E-state index in [1.807, 2.05) is 11.9 Å². The van der Waals surface area contributed by atoms with Gasteiger partial charge in [0.1, 0.15) is 0 Å². The smallest absolute Gasteiger partial charge is 0.224 e. The summed E-state index contributed by atoms with van der Waals surface area (Å²) in [6.45, 7) is 2.26. The van der Waals surface area contributed by atoms with E-state index in [-0.39, 0.29) is 18.0 Å². The highest BCUT2D eigenvalue weighted by molar-refractivity contribution is 5.79. The van der Waals surface area contributed by atoms with Crippen molar-refractivity contribution in [2.24, 2.45) is 11.1 Å². The molecular formula is C10H18N2O. The van der Waals surface area contributed by atoms with Crippen molar-refractivity contribution in [2.75, 3.05) is 7.05 Å². The van der Waals surface area contributed by atoms with Gasteiger partial charge in [0.2, 0.25) is 5.91 Å². The number of likely N-dealkylation sites (N-methyl/N-ethyl adjacent to an activating group) is 1. The molecule has 0 aromatic rings. The maximum atomic E-state index is 11.4. The fourth-order valence-corrected chi connectivity index (χ4v) is 2.91. The van der Waals surface area contributed by atoms with Gasteiger partial charge >= 0.3 is 0 Å². The first-order valence-corrected chi connectivity index (χ1v) is 5.06. The van der Waals surface area contributed by atoms with Crippen LogP contribution in [0.4, 0.5) is 0 Å². The summed E-state index contributed by atoms with van der Waals surface area (Å²) in [5.41, 5.74) is 6.30. The minimum absolute atomic E-state index is 0.0581. The molecule has 0 radical (unpaired) electrons. The van der Waals surface area contributed by atoms with Crippen LogP contribution in [0.25, 0.3) is 0 Å². The van der Waals surface area contributed by atoms with Gasteiger partial charge in [-0.05, 0) is 18.3 Å². The first kappa shape index (κ1) is 9.00. The van der Waals surface area contributed by atoms with E-state index < -0.39 is 0 Å². The average molecular weight is 182 g/mol. The maximum Gasteiger partial charge on any atom is 0.224 e. The fraction of sp³-hybridized carbons (Fsp3) is 0.900. The Labute approximate surface area is 79.3 Å². The molecule has 2 N–H and O–H groups in total. The molecular weight excluding hydrogens is 164 g/mol. The molecule has 0 aromatic heterocycles. The molecule has 1 amide bonds. The SMILES string of the molecule is CN1C(=O)CC(N)C1C1(C)CCC1. The number of nitrogens with two attached hydrogens (primary N) is 1. The molecule has 1 saturated heterocycles. The van der Waals surface area contributed by atoms with Gasteiger partial charge in [0.15, 0.2) is 0 Å². The Morgan fingerprint density at radius 3 is 2.46 bits per heavy atom. The predicted octanol–water partition coefficient (Wildman–Crippen LogP) is 0.735. The molecule has 3 nitrogen and oxygen atoms in total. The zero-order valence-electron chi connectivity index (χ0n) is 8.42. The van der Waals surface area contributed by atoms with Crippen molar-refractivity contribution < 1.29 is 4.79 Å². The number of hydrogen-bond acceptors (Lipinski definition) is 2. The van der Waals surface area contributed by atoms with E-state index in [0.717, 1.165) is 0 Å². The van der Waals surface area contributed by atoms with E-state index in [4.69, 9.17) is 5.73 Å². The molecule has 1 saturated carbocycles. The average Bonchev–Trinajstić information content (AvgIpc) is 2.23. The summed E-state index contributed by atoms with van der Waals surface area (Å²) in [7, 11) is 1.89. The number of nitrogens with zero attached hydrogens (tertiary/aromatic N) is 1. The van der Waals surface area contributed by atoms with Gasteiger partial charge in [-0.2, -0.15) is 0 Å². The second-order valence-electron chi connectivity index (χ2n) is 4.83. The third-order valence-corrected chi connectivity index (χ3v) is 3.84. The van der Waals surface area contributed by atoms with Gasteiger partial charge in [0.05, 0.1) is 6.04 Å². The lowest BCUT2D eigenvalue weighted by atomic mass is 9.64. The fourth-order valence-electron chi connectivity index (χ4n) is 2.91. The van der Waals surface area contributed by atoms with Crippen LogP contribution in [0.1, 0.15) is 32.6 Å². The summed E-state index contributed by atoms with van der Waals surface area (Å²) in [6, 6.07) is 0.344. The Morgan fingerprint density at radius 1 is 1.54 bits per heavy atom. The normalized spacial score (nSPS) is 37.8. The van der Waals surface area contributed by atoms with Gasteiger partial charge in [0, 0.05) is 19.5 Å². The van der Waals surface area contributed by atoms with Crippen LogP contribution >= 0.6 is 0 Å². The number of rotatable bonds is 1. The summed E-state index contributed by atoms with van der Waals surface area (Å²) in [5, 5.41) is 0. The van der Waals surface area contributed by atoms with Crippen LogP contribution in [-0.4, -0.2) is 29.9 Å². The van der Waals surface area contributed by atoms with Crippen LogP contribution < -0.4 is 5.73 Å². The molecule has 1 aliphatic carbocycles. The molecule has 0 spiro atoms. The second-order valence-corrected chi connectivity index (χ2v) is 4.83. The zero-order chi connectivity index (χ0) is 9.64. The molecule has 0 bridgehead atoms. The first-order valence-electron chi connectivity index (χ1n) is 5.06. The summed E-state index contributed by atoms with van der Waals surface area (Å²) >= 11 is 0. The Morgan fingerprint density at radius 2 is 2.15 bits per heavy atom. The number of hydrogen-bond donors (Lipinski definition) is 1. The van der Waals surface area contributed by atoms with Gasteiger partial charge in [-0.1, -0.05) is 13.3 Å². The molecule has 2 unspecified atom stereocenters. The molecule has 13 heavy (non-hydrogen) atoms. The maximum absolute atomic E-state index is 11.4. The lowest BCUT2D eigenvalue weighted by Gasteiger charge is -2.47. The molecule has 1 heterocycles. The Balaban J connectivity index is 2.17. The Hall–Kier alpha value is -0.570. The van der Waals surface area contributed by atoms with Gasteiger partial charge in [-0.25, -0.2) is 0 Å². The molecule has 3 heteroatoms.